The molecular weight excluding hydrogens is 464 g/mol. The molecule has 0 saturated heterocycles. The number of phenols is 2. The molecule has 1 aromatic carbocycles. The Hall–Kier alpha value is -2.48. The smallest absolute Gasteiger partial charge is 0.119 e. The Morgan fingerprint density at radius 2 is 1.05 bits per heavy atom. The van der Waals surface area contributed by atoms with Gasteiger partial charge in [-0.25, -0.2) is 0 Å². The maximum absolute atomic E-state index is 9.91. The molecule has 38 heavy (non-hydrogen) atoms. The Balaban J connectivity index is 2.26. The molecule has 0 saturated carbocycles. The van der Waals surface area contributed by atoms with E-state index in [1.807, 2.05) is 0 Å². The number of rotatable bonds is 18. The van der Waals surface area contributed by atoms with Gasteiger partial charge in [-0.2, -0.15) is 0 Å². The van der Waals surface area contributed by atoms with Crippen LogP contribution in [0.1, 0.15) is 125 Å². The van der Waals surface area contributed by atoms with Gasteiger partial charge in [0.25, 0.3) is 0 Å². The summed E-state index contributed by atoms with van der Waals surface area (Å²) < 4.78 is 0. The molecule has 212 valence electrons. The van der Waals surface area contributed by atoms with E-state index in [-0.39, 0.29) is 11.5 Å². The minimum Gasteiger partial charge on any atom is -0.508 e. The topological polar surface area (TPSA) is 40.5 Å². The molecule has 1 rings (SSSR count). The lowest BCUT2D eigenvalue weighted by Crippen LogP contribution is -1.88. The number of allylic oxidation sites excluding steroid dienone is 10. The molecule has 2 N–H and O–H groups in total. The standard InChI is InChI=1S/C36H56O2/c1-28(2)13-8-14-29(3)15-9-16-30(4)17-10-18-31(5)19-11-20-32(6)21-12-22-33(7)23-24-34-27-35(37)25-26-36(34)38/h15,17,19,21,23,25-28,37-38H,8-14,16,18,20,22,24H2,1-7H3/b29-15+,30-17+,31-19+,32-21+,33-23+. The molecule has 1 aromatic rings. The first-order valence-electron chi connectivity index (χ1n) is 14.9. The van der Waals surface area contributed by atoms with E-state index in [9.17, 15) is 10.2 Å². The Labute approximate surface area is 235 Å². The highest BCUT2D eigenvalue weighted by atomic mass is 16.3. The molecule has 0 spiro atoms. The third-order valence-electron chi connectivity index (χ3n) is 7.21. The molecule has 0 atom stereocenters. The first-order valence-corrected chi connectivity index (χ1v) is 14.9. The van der Waals surface area contributed by atoms with Crippen LogP contribution in [0.15, 0.2) is 76.4 Å². The molecule has 0 bridgehead atoms. The van der Waals surface area contributed by atoms with E-state index in [0.29, 0.717) is 6.42 Å². The third-order valence-corrected chi connectivity index (χ3v) is 7.21. The molecule has 2 nitrogen and oxygen atoms in total. The third kappa shape index (κ3) is 17.1. The van der Waals surface area contributed by atoms with Crippen molar-refractivity contribution < 1.29 is 10.2 Å². The lowest BCUT2D eigenvalue weighted by Gasteiger charge is -2.05. The van der Waals surface area contributed by atoms with Crippen molar-refractivity contribution in [3.63, 3.8) is 0 Å². The summed E-state index contributed by atoms with van der Waals surface area (Å²) in [4.78, 5) is 0. The average molecular weight is 521 g/mol. The van der Waals surface area contributed by atoms with Crippen molar-refractivity contribution in [1.29, 1.82) is 0 Å². The zero-order valence-electron chi connectivity index (χ0n) is 25.6. The lowest BCUT2D eigenvalue weighted by atomic mass is 10.0. The summed E-state index contributed by atoms with van der Waals surface area (Å²) in [7, 11) is 0. The molecular formula is C36H56O2. The first-order chi connectivity index (χ1) is 18.1. The summed E-state index contributed by atoms with van der Waals surface area (Å²) >= 11 is 0. The first kappa shape index (κ1) is 33.5. The van der Waals surface area contributed by atoms with Crippen LogP contribution in [-0.4, -0.2) is 10.2 Å². The van der Waals surface area contributed by atoms with Crippen LogP contribution in [0.25, 0.3) is 0 Å². The summed E-state index contributed by atoms with van der Waals surface area (Å²) in [6.45, 7) is 15.8. The molecule has 0 aliphatic rings. The van der Waals surface area contributed by atoms with Gasteiger partial charge < -0.3 is 10.2 Å². The van der Waals surface area contributed by atoms with Crippen LogP contribution in [0, 0.1) is 5.92 Å². The molecule has 0 aliphatic heterocycles. The minimum absolute atomic E-state index is 0.194. The number of benzene rings is 1. The zero-order valence-corrected chi connectivity index (χ0v) is 25.6. The highest BCUT2D eigenvalue weighted by molar-refractivity contribution is 5.39. The van der Waals surface area contributed by atoms with Gasteiger partial charge in [0.1, 0.15) is 11.5 Å². The molecule has 0 radical (unpaired) electrons. The summed E-state index contributed by atoms with van der Waals surface area (Å²) in [6, 6.07) is 4.69. The molecule has 0 aliphatic carbocycles. The summed E-state index contributed by atoms with van der Waals surface area (Å²) in [5.41, 5.74) is 8.10. The largest absolute Gasteiger partial charge is 0.508 e. The van der Waals surface area contributed by atoms with E-state index >= 15 is 0 Å². The van der Waals surface area contributed by atoms with E-state index in [1.54, 1.807) is 17.7 Å². The fraction of sp³-hybridized carbons (Fsp3) is 0.556. The Bertz CT molecular complexity index is 969. The highest BCUT2D eigenvalue weighted by Gasteiger charge is 2.01. The van der Waals surface area contributed by atoms with Gasteiger partial charge in [-0.3, -0.25) is 0 Å². The number of hydrogen-bond acceptors (Lipinski definition) is 2. The second kappa shape index (κ2) is 19.6. The van der Waals surface area contributed by atoms with Crippen molar-refractivity contribution in [2.75, 3.05) is 0 Å². The fourth-order valence-corrected chi connectivity index (χ4v) is 4.50. The predicted molar refractivity (Wildman–Crippen MR) is 168 cm³/mol. The lowest BCUT2D eigenvalue weighted by molar-refractivity contribution is 0.455. The monoisotopic (exact) mass is 520 g/mol. The Morgan fingerprint density at radius 1 is 0.632 bits per heavy atom. The van der Waals surface area contributed by atoms with Gasteiger partial charge in [0, 0.05) is 5.56 Å². The zero-order chi connectivity index (χ0) is 28.3. The van der Waals surface area contributed by atoms with Crippen LogP contribution < -0.4 is 0 Å². The van der Waals surface area contributed by atoms with E-state index < -0.39 is 0 Å². The highest BCUT2D eigenvalue weighted by Crippen LogP contribution is 2.23. The molecule has 2 heteroatoms. The van der Waals surface area contributed by atoms with Gasteiger partial charge in [0.2, 0.25) is 0 Å². The van der Waals surface area contributed by atoms with Gasteiger partial charge in [-0.05, 0) is 129 Å². The molecule has 0 fully saturated rings. The second-order valence-corrected chi connectivity index (χ2v) is 11.7. The van der Waals surface area contributed by atoms with Gasteiger partial charge in [0.05, 0.1) is 0 Å². The van der Waals surface area contributed by atoms with Crippen molar-refractivity contribution in [1.82, 2.24) is 0 Å². The average Bonchev–Trinajstić information content (AvgIpc) is 2.84. The normalized spacial score (nSPS) is 14.1. The van der Waals surface area contributed by atoms with Crippen molar-refractivity contribution in [3.8, 4) is 11.5 Å². The quantitative estimate of drug-likeness (QED) is 0.149. The van der Waals surface area contributed by atoms with Crippen LogP contribution in [0.4, 0.5) is 0 Å². The van der Waals surface area contributed by atoms with Gasteiger partial charge in [-0.1, -0.05) is 78.5 Å². The molecule has 0 amide bonds. The van der Waals surface area contributed by atoms with Crippen LogP contribution in [0.3, 0.4) is 0 Å². The van der Waals surface area contributed by atoms with Crippen molar-refractivity contribution in [3.05, 3.63) is 82.0 Å². The molecule has 0 aromatic heterocycles. The van der Waals surface area contributed by atoms with Crippen molar-refractivity contribution in [2.45, 2.75) is 126 Å². The minimum atomic E-state index is 0.194. The van der Waals surface area contributed by atoms with E-state index in [1.165, 1.54) is 60.5 Å². The van der Waals surface area contributed by atoms with Crippen LogP contribution in [0.2, 0.25) is 0 Å². The van der Waals surface area contributed by atoms with Crippen LogP contribution in [-0.2, 0) is 6.42 Å². The Kier molecular flexibility index (Phi) is 17.3. The number of hydrogen-bond donors (Lipinski definition) is 2. The molecule has 0 unspecified atom stereocenters. The number of phenolic OH excluding ortho intramolecular Hbond substituents is 2. The van der Waals surface area contributed by atoms with Gasteiger partial charge >= 0.3 is 0 Å². The predicted octanol–water partition coefficient (Wildman–Crippen LogP) is 11.3. The molecule has 0 heterocycles. The van der Waals surface area contributed by atoms with Gasteiger partial charge in [-0.15, -0.1) is 0 Å². The second-order valence-electron chi connectivity index (χ2n) is 11.7. The summed E-state index contributed by atoms with van der Waals surface area (Å²) in [5.74, 6) is 1.25. The van der Waals surface area contributed by atoms with E-state index in [4.69, 9.17) is 0 Å². The SMILES string of the molecule is C/C(=C\CC/C(C)=C/CC/C(C)=C/Cc1cc(O)ccc1O)CC/C=C(\C)CC/C=C(\C)CCCC(C)C. The maximum Gasteiger partial charge on any atom is 0.119 e. The van der Waals surface area contributed by atoms with Crippen molar-refractivity contribution >= 4 is 0 Å². The fourth-order valence-electron chi connectivity index (χ4n) is 4.50. The van der Waals surface area contributed by atoms with E-state index in [0.717, 1.165) is 50.0 Å². The Morgan fingerprint density at radius 3 is 1.50 bits per heavy atom. The van der Waals surface area contributed by atoms with Crippen LogP contribution in [0.5, 0.6) is 11.5 Å². The van der Waals surface area contributed by atoms with E-state index in [2.05, 4.69) is 78.8 Å². The number of aromatic hydroxyl groups is 2. The van der Waals surface area contributed by atoms with Crippen LogP contribution >= 0.6 is 0 Å². The van der Waals surface area contributed by atoms with Gasteiger partial charge in [0.15, 0.2) is 0 Å². The van der Waals surface area contributed by atoms with Crippen molar-refractivity contribution in [2.24, 2.45) is 5.92 Å². The summed E-state index contributed by atoms with van der Waals surface area (Å²) in [6.07, 6.45) is 25.3. The summed E-state index contributed by atoms with van der Waals surface area (Å²) in [5, 5.41) is 19.5. The maximum atomic E-state index is 9.91.